The van der Waals surface area contributed by atoms with Crippen LogP contribution in [-0.4, -0.2) is 18.6 Å². The summed E-state index contributed by atoms with van der Waals surface area (Å²) in [5, 5.41) is 3.96. The smallest absolute Gasteiger partial charge is 0.504 e. The van der Waals surface area contributed by atoms with Gasteiger partial charge in [-0.1, -0.05) is 17.3 Å². The Balaban J connectivity index is 2.06. The monoisotopic (exact) mass is 325 g/mol. The van der Waals surface area contributed by atoms with E-state index in [9.17, 15) is 13.2 Å². The molecule has 0 aliphatic heterocycles. The van der Waals surface area contributed by atoms with Gasteiger partial charge in [0.15, 0.2) is 0 Å². The van der Waals surface area contributed by atoms with E-state index in [1.807, 2.05) is 0 Å². The van der Waals surface area contributed by atoms with Gasteiger partial charge in [0.25, 0.3) is 0 Å². The van der Waals surface area contributed by atoms with Crippen LogP contribution in [0.1, 0.15) is 30.1 Å². The lowest BCUT2D eigenvalue weighted by atomic mass is 10.0. The first-order chi connectivity index (χ1) is 11.0. The fourth-order valence-corrected chi connectivity index (χ4v) is 2.32. The van der Waals surface area contributed by atoms with Crippen molar-refractivity contribution in [1.29, 1.82) is 0 Å². The summed E-state index contributed by atoms with van der Waals surface area (Å²) in [7, 11) is 1.49. The summed E-state index contributed by atoms with van der Waals surface area (Å²) < 4.78 is 52.1. The Bertz CT molecular complexity index is 718. The molecule has 122 valence electrons. The fourth-order valence-electron chi connectivity index (χ4n) is 2.32. The molecule has 1 saturated carbocycles. The van der Waals surface area contributed by atoms with E-state index < -0.39 is 6.36 Å². The molecular weight excluding hydrogens is 311 g/mol. The molecule has 0 amide bonds. The first-order valence-electron chi connectivity index (χ1n) is 7.03. The minimum absolute atomic E-state index is 0.219. The van der Waals surface area contributed by atoms with Gasteiger partial charge in [-0.25, -0.2) is 0 Å². The van der Waals surface area contributed by atoms with Crippen molar-refractivity contribution in [3.8, 4) is 17.0 Å². The molecular formula is C16H14F3NO3. The van der Waals surface area contributed by atoms with Gasteiger partial charge in [0.1, 0.15) is 17.2 Å². The number of halogens is 3. The Morgan fingerprint density at radius 2 is 2.00 bits per heavy atom. The average Bonchev–Trinajstić information content (AvgIpc) is 3.25. The third-order valence-electron chi connectivity index (χ3n) is 3.44. The van der Waals surface area contributed by atoms with Gasteiger partial charge >= 0.3 is 6.36 Å². The summed E-state index contributed by atoms with van der Waals surface area (Å²) in [6, 6.07) is 5.85. The Labute approximate surface area is 130 Å². The Morgan fingerprint density at radius 3 is 2.65 bits per heavy atom. The summed E-state index contributed by atoms with van der Waals surface area (Å²) in [5.74, 6) is 0.598. The Hall–Kier alpha value is -2.44. The zero-order chi connectivity index (χ0) is 16.4. The van der Waals surface area contributed by atoms with E-state index in [0.29, 0.717) is 17.0 Å². The first kappa shape index (κ1) is 15.5. The molecule has 23 heavy (non-hydrogen) atoms. The maximum atomic E-state index is 12.6. The van der Waals surface area contributed by atoms with E-state index in [1.54, 1.807) is 12.1 Å². The topological polar surface area (TPSA) is 44.5 Å². The third kappa shape index (κ3) is 3.49. The fraction of sp³-hybridized carbons (Fsp3) is 0.312. The lowest BCUT2D eigenvalue weighted by Gasteiger charge is -2.12. The van der Waals surface area contributed by atoms with Crippen LogP contribution in [0, 0.1) is 0 Å². The van der Waals surface area contributed by atoms with Gasteiger partial charge in [0.2, 0.25) is 0 Å². The zero-order valence-electron chi connectivity index (χ0n) is 12.3. The van der Waals surface area contributed by atoms with E-state index in [1.165, 1.54) is 31.6 Å². The largest absolute Gasteiger partial charge is 0.573 e. The number of methoxy groups -OCH3 is 1. The lowest BCUT2D eigenvalue weighted by molar-refractivity contribution is -0.274. The van der Waals surface area contributed by atoms with Crippen molar-refractivity contribution in [2.45, 2.75) is 25.1 Å². The number of benzene rings is 1. The highest BCUT2D eigenvalue weighted by molar-refractivity contribution is 5.77. The van der Waals surface area contributed by atoms with Gasteiger partial charge in [0.05, 0.1) is 13.4 Å². The molecule has 0 N–H and O–H groups in total. The molecule has 3 rings (SSSR count). The number of para-hydroxylation sites is 1. The summed E-state index contributed by atoms with van der Waals surface area (Å²) >= 11 is 0. The standard InChI is InChI=1S/C16H14F3NO3/c1-21-9-8-12-14(20-23-15(12)10-6-7-10)11-4-2-3-5-13(11)22-16(17,18)19/h2-5,8-10H,6-7H2,1H3/b9-8+. The summed E-state index contributed by atoms with van der Waals surface area (Å²) in [6.45, 7) is 0. The maximum absolute atomic E-state index is 12.6. The van der Waals surface area contributed by atoms with Crippen molar-refractivity contribution in [2.24, 2.45) is 0 Å². The molecule has 1 aliphatic rings. The van der Waals surface area contributed by atoms with Crippen molar-refractivity contribution in [2.75, 3.05) is 7.11 Å². The van der Waals surface area contributed by atoms with Gasteiger partial charge < -0.3 is 14.0 Å². The van der Waals surface area contributed by atoms with Crippen molar-refractivity contribution < 1.29 is 27.2 Å². The van der Waals surface area contributed by atoms with E-state index in [0.717, 1.165) is 12.8 Å². The van der Waals surface area contributed by atoms with Crippen molar-refractivity contribution in [1.82, 2.24) is 5.16 Å². The van der Waals surface area contributed by atoms with Gasteiger partial charge in [-0.05, 0) is 31.1 Å². The molecule has 1 aliphatic carbocycles. The normalized spacial score (nSPS) is 15.1. The molecule has 1 aromatic carbocycles. The molecule has 0 atom stereocenters. The minimum Gasteiger partial charge on any atom is -0.504 e. The number of nitrogens with zero attached hydrogens (tertiary/aromatic N) is 1. The molecule has 2 aromatic rings. The second kappa shape index (κ2) is 5.98. The van der Waals surface area contributed by atoms with Crippen LogP contribution in [0.25, 0.3) is 17.3 Å². The van der Waals surface area contributed by atoms with E-state index in [2.05, 4.69) is 9.89 Å². The van der Waals surface area contributed by atoms with Crippen LogP contribution in [0.5, 0.6) is 5.75 Å². The van der Waals surface area contributed by atoms with Crippen LogP contribution in [0.2, 0.25) is 0 Å². The number of rotatable bonds is 5. The second-order valence-electron chi connectivity index (χ2n) is 5.17. The molecule has 0 radical (unpaired) electrons. The lowest BCUT2D eigenvalue weighted by Crippen LogP contribution is -2.17. The van der Waals surface area contributed by atoms with Crippen LogP contribution >= 0.6 is 0 Å². The highest BCUT2D eigenvalue weighted by Gasteiger charge is 2.35. The Morgan fingerprint density at radius 1 is 1.26 bits per heavy atom. The predicted molar refractivity (Wildman–Crippen MR) is 76.6 cm³/mol. The highest BCUT2D eigenvalue weighted by Crippen LogP contribution is 2.45. The quantitative estimate of drug-likeness (QED) is 0.745. The molecule has 0 bridgehead atoms. The summed E-state index contributed by atoms with van der Waals surface area (Å²) in [6.07, 6.45) is 0.257. The van der Waals surface area contributed by atoms with E-state index >= 15 is 0 Å². The number of hydrogen-bond acceptors (Lipinski definition) is 4. The first-order valence-corrected chi connectivity index (χ1v) is 7.03. The highest BCUT2D eigenvalue weighted by atomic mass is 19.4. The van der Waals surface area contributed by atoms with E-state index in [4.69, 9.17) is 9.26 Å². The van der Waals surface area contributed by atoms with Crippen LogP contribution in [0.3, 0.4) is 0 Å². The maximum Gasteiger partial charge on any atom is 0.573 e. The van der Waals surface area contributed by atoms with Crippen LogP contribution in [-0.2, 0) is 4.74 Å². The molecule has 1 heterocycles. The average molecular weight is 325 g/mol. The third-order valence-corrected chi connectivity index (χ3v) is 3.44. The molecule has 1 fully saturated rings. The van der Waals surface area contributed by atoms with Gasteiger partial charge in [0, 0.05) is 17.0 Å². The predicted octanol–water partition coefficient (Wildman–Crippen LogP) is 4.73. The zero-order valence-corrected chi connectivity index (χ0v) is 12.3. The van der Waals surface area contributed by atoms with Crippen molar-refractivity contribution >= 4 is 6.08 Å². The van der Waals surface area contributed by atoms with Crippen LogP contribution in [0.15, 0.2) is 35.1 Å². The van der Waals surface area contributed by atoms with E-state index in [-0.39, 0.29) is 17.2 Å². The van der Waals surface area contributed by atoms with Gasteiger partial charge in [-0.15, -0.1) is 13.2 Å². The summed E-state index contributed by atoms with van der Waals surface area (Å²) in [5.41, 5.74) is 1.14. The van der Waals surface area contributed by atoms with Crippen molar-refractivity contribution in [3.05, 3.63) is 41.9 Å². The van der Waals surface area contributed by atoms with Gasteiger partial charge in [-0.2, -0.15) is 0 Å². The van der Waals surface area contributed by atoms with Crippen LogP contribution in [0.4, 0.5) is 13.2 Å². The molecule has 4 nitrogen and oxygen atoms in total. The second-order valence-corrected chi connectivity index (χ2v) is 5.17. The summed E-state index contributed by atoms with van der Waals surface area (Å²) in [4.78, 5) is 0. The van der Waals surface area contributed by atoms with Crippen molar-refractivity contribution in [3.63, 3.8) is 0 Å². The number of ether oxygens (including phenoxy) is 2. The SMILES string of the molecule is CO/C=C/c1c(-c2ccccc2OC(F)(F)F)noc1C1CC1. The molecule has 0 unspecified atom stereocenters. The molecule has 0 saturated heterocycles. The molecule has 0 spiro atoms. The minimum atomic E-state index is -4.78. The number of hydrogen-bond donors (Lipinski definition) is 0. The van der Waals surface area contributed by atoms with Crippen LogP contribution < -0.4 is 4.74 Å². The number of alkyl halides is 3. The van der Waals surface area contributed by atoms with Gasteiger partial charge in [-0.3, -0.25) is 0 Å². The molecule has 1 aromatic heterocycles. The number of aromatic nitrogens is 1. The molecule has 7 heteroatoms. The Kier molecular flexibility index (Phi) is 4.02.